The molecule has 6 heteroatoms. The SMILES string of the molecule is Cc1ccc(-c2ccc(C(=O)Oc3cc(F)c(C)c(C(F)(F)F)c3)c(C)c2)c(C)c1. The molecule has 0 saturated heterocycles. The third kappa shape index (κ3) is 4.37. The maximum atomic E-state index is 13.9. The lowest BCUT2D eigenvalue weighted by atomic mass is 9.95. The first kappa shape index (κ1) is 21.6. The van der Waals surface area contributed by atoms with Crippen LogP contribution in [-0.2, 0) is 6.18 Å². The van der Waals surface area contributed by atoms with Crippen LogP contribution in [0.25, 0.3) is 11.1 Å². The highest BCUT2D eigenvalue weighted by molar-refractivity contribution is 5.93. The highest BCUT2D eigenvalue weighted by Gasteiger charge is 2.34. The van der Waals surface area contributed by atoms with Crippen LogP contribution in [0, 0.1) is 33.5 Å². The third-order valence-corrected chi connectivity index (χ3v) is 4.97. The quantitative estimate of drug-likeness (QED) is 0.262. The van der Waals surface area contributed by atoms with Crippen molar-refractivity contribution in [2.75, 3.05) is 0 Å². The number of rotatable bonds is 3. The summed E-state index contributed by atoms with van der Waals surface area (Å²) in [6.45, 7) is 6.73. The largest absolute Gasteiger partial charge is 0.423 e. The molecule has 0 N–H and O–H groups in total. The first-order valence-electron chi connectivity index (χ1n) is 9.25. The van der Waals surface area contributed by atoms with Crippen molar-refractivity contribution in [1.29, 1.82) is 0 Å². The van der Waals surface area contributed by atoms with Gasteiger partial charge in [-0.25, -0.2) is 9.18 Å². The van der Waals surface area contributed by atoms with Gasteiger partial charge in [0.2, 0.25) is 0 Å². The van der Waals surface area contributed by atoms with Gasteiger partial charge in [0, 0.05) is 6.07 Å². The predicted molar refractivity (Wildman–Crippen MR) is 107 cm³/mol. The number of ether oxygens (including phenoxy) is 1. The molecule has 0 saturated carbocycles. The molecule has 0 unspecified atom stereocenters. The average Bonchev–Trinajstić information content (AvgIpc) is 2.63. The molecule has 0 atom stereocenters. The molecule has 0 spiro atoms. The van der Waals surface area contributed by atoms with Crippen molar-refractivity contribution in [3.8, 4) is 16.9 Å². The Hall–Kier alpha value is -3.15. The molecule has 2 nitrogen and oxygen atoms in total. The second-order valence-electron chi connectivity index (χ2n) is 7.31. The van der Waals surface area contributed by atoms with Gasteiger partial charge >= 0.3 is 12.1 Å². The Morgan fingerprint density at radius 1 is 0.867 bits per heavy atom. The van der Waals surface area contributed by atoms with E-state index >= 15 is 0 Å². The van der Waals surface area contributed by atoms with E-state index in [9.17, 15) is 22.4 Å². The number of hydrogen-bond donors (Lipinski definition) is 0. The molecule has 0 amide bonds. The van der Waals surface area contributed by atoms with Crippen molar-refractivity contribution in [2.24, 2.45) is 0 Å². The average molecular weight is 416 g/mol. The van der Waals surface area contributed by atoms with Crippen LogP contribution in [0.15, 0.2) is 48.5 Å². The number of carbonyl (C=O) groups excluding carboxylic acids is 1. The summed E-state index contributed by atoms with van der Waals surface area (Å²) in [6.07, 6.45) is -4.75. The number of alkyl halides is 3. The van der Waals surface area contributed by atoms with E-state index in [1.54, 1.807) is 19.1 Å². The summed E-state index contributed by atoms with van der Waals surface area (Å²) in [5.41, 5.74) is 3.21. The van der Waals surface area contributed by atoms with E-state index < -0.39 is 34.8 Å². The highest BCUT2D eigenvalue weighted by Crippen LogP contribution is 2.36. The lowest BCUT2D eigenvalue weighted by Gasteiger charge is -2.14. The first-order chi connectivity index (χ1) is 14.0. The summed E-state index contributed by atoms with van der Waals surface area (Å²) in [5.74, 6) is -2.43. The van der Waals surface area contributed by atoms with E-state index in [-0.39, 0.29) is 5.56 Å². The summed E-state index contributed by atoms with van der Waals surface area (Å²) < 4.78 is 58.2. The zero-order valence-electron chi connectivity index (χ0n) is 16.9. The van der Waals surface area contributed by atoms with Gasteiger partial charge in [-0.2, -0.15) is 13.2 Å². The maximum absolute atomic E-state index is 13.9. The molecule has 0 aliphatic carbocycles. The minimum Gasteiger partial charge on any atom is -0.423 e. The van der Waals surface area contributed by atoms with E-state index in [2.05, 4.69) is 6.07 Å². The van der Waals surface area contributed by atoms with Gasteiger partial charge < -0.3 is 4.74 Å². The molecule has 3 aromatic rings. The minimum absolute atomic E-state index is 0.193. The molecule has 0 heterocycles. The van der Waals surface area contributed by atoms with Crippen molar-refractivity contribution < 1.29 is 27.1 Å². The summed E-state index contributed by atoms with van der Waals surface area (Å²) in [5, 5.41) is 0. The Bertz CT molecular complexity index is 1130. The second kappa shape index (κ2) is 7.94. The summed E-state index contributed by atoms with van der Waals surface area (Å²) >= 11 is 0. The molecule has 156 valence electrons. The van der Waals surface area contributed by atoms with E-state index in [1.165, 1.54) is 0 Å². The molecule has 30 heavy (non-hydrogen) atoms. The van der Waals surface area contributed by atoms with Crippen molar-refractivity contribution in [1.82, 2.24) is 0 Å². The van der Waals surface area contributed by atoms with Crippen molar-refractivity contribution in [3.05, 3.63) is 87.7 Å². The van der Waals surface area contributed by atoms with Crippen LogP contribution in [0.2, 0.25) is 0 Å². The third-order valence-electron chi connectivity index (χ3n) is 4.97. The van der Waals surface area contributed by atoms with Crippen LogP contribution in [0.1, 0.15) is 38.2 Å². The summed E-state index contributed by atoms with van der Waals surface area (Å²) in [6, 6.07) is 12.6. The van der Waals surface area contributed by atoms with Gasteiger partial charge in [0.1, 0.15) is 11.6 Å². The molecule has 0 fully saturated rings. The molecular formula is C24H20F4O2. The normalized spacial score (nSPS) is 11.5. The van der Waals surface area contributed by atoms with Gasteiger partial charge in [-0.1, -0.05) is 35.9 Å². The molecule has 0 radical (unpaired) electrons. The summed E-state index contributed by atoms with van der Waals surface area (Å²) in [7, 11) is 0. The molecule has 0 bridgehead atoms. The van der Waals surface area contributed by atoms with Crippen LogP contribution in [0.3, 0.4) is 0 Å². The molecule has 0 aliphatic heterocycles. The number of esters is 1. The van der Waals surface area contributed by atoms with Crippen LogP contribution in [0.4, 0.5) is 17.6 Å². The maximum Gasteiger partial charge on any atom is 0.416 e. The van der Waals surface area contributed by atoms with Crippen LogP contribution in [-0.4, -0.2) is 5.97 Å². The Balaban J connectivity index is 1.91. The topological polar surface area (TPSA) is 26.3 Å². The van der Waals surface area contributed by atoms with Gasteiger partial charge in [0.25, 0.3) is 0 Å². The Morgan fingerprint density at radius 3 is 2.17 bits per heavy atom. The fraction of sp³-hybridized carbons (Fsp3) is 0.208. The zero-order valence-corrected chi connectivity index (χ0v) is 16.9. The summed E-state index contributed by atoms with van der Waals surface area (Å²) in [4.78, 5) is 12.5. The van der Waals surface area contributed by atoms with Crippen LogP contribution < -0.4 is 4.74 Å². The molecule has 3 rings (SSSR count). The van der Waals surface area contributed by atoms with Crippen molar-refractivity contribution >= 4 is 5.97 Å². The lowest BCUT2D eigenvalue weighted by Crippen LogP contribution is -2.13. The van der Waals surface area contributed by atoms with E-state index in [0.29, 0.717) is 11.6 Å². The Kier molecular flexibility index (Phi) is 5.70. The van der Waals surface area contributed by atoms with Gasteiger partial charge in [-0.05, 0) is 67.6 Å². The first-order valence-corrected chi connectivity index (χ1v) is 9.25. The Labute approximate surface area is 172 Å². The number of aryl methyl sites for hydroxylation is 3. The molecular weight excluding hydrogens is 396 g/mol. The van der Waals surface area contributed by atoms with Gasteiger partial charge in [0.15, 0.2) is 0 Å². The highest BCUT2D eigenvalue weighted by atomic mass is 19.4. The van der Waals surface area contributed by atoms with Gasteiger partial charge in [-0.15, -0.1) is 0 Å². The van der Waals surface area contributed by atoms with Crippen molar-refractivity contribution in [3.63, 3.8) is 0 Å². The lowest BCUT2D eigenvalue weighted by molar-refractivity contribution is -0.138. The van der Waals surface area contributed by atoms with E-state index in [0.717, 1.165) is 35.2 Å². The van der Waals surface area contributed by atoms with Crippen LogP contribution >= 0.6 is 0 Å². The Morgan fingerprint density at radius 2 is 1.57 bits per heavy atom. The second-order valence-corrected chi connectivity index (χ2v) is 7.31. The number of carbonyl (C=O) groups is 1. The van der Waals surface area contributed by atoms with E-state index in [1.807, 2.05) is 32.0 Å². The van der Waals surface area contributed by atoms with E-state index in [4.69, 9.17) is 4.74 Å². The molecule has 0 aliphatic rings. The van der Waals surface area contributed by atoms with Gasteiger partial charge in [-0.3, -0.25) is 0 Å². The minimum atomic E-state index is -4.75. The van der Waals surface area contributed by atoms with Crippen LogP contribution in [0.5, 0.6) is 5.75 Å². The molecule has 3 aromatic carbocycles. The fourth-order valence-electron chi connectivity index (χ4n) is 3.37. The number of halogens is 4. The predicted octanol–water partition coefficient (Wildman–Crippen LogP) is 6.96. The smallest absolute Gasteiger partial charge is 0.416 e. The zero-order chi connectivity index (χ0) is 22.2. The fourth-order valence-corrected chi connectivity index (χ4v) is 3.37. The van der Waals surface area contributed by atoms with Gasteiger partial charge in [0.05, 0.1) is 11.1 Å². The standard InChI is InChI=1S/C24H20F4O2/c1-13-5-7-19(14(2)9-13)17-6-8-20(15(3)10-17)23(29)30-18-11-21(24(26,27)28)16(4)22(25)12-18/h5-12H,1-4H3. The monoisotopic (exact) mass is 416 g/mol. The number of hydrogen-bond acceptors (Lipinski definition) is 2. The number of benzene rings is 3. The molecule has 0 aromatic heterocycles. The van der Waals surface area contributed by atoms with Crippen molar-refractivity contribution in [2.45, 2.75) is 33.9 Å².